The van der Waals surface area contributed by atoms with Crippen LogP contribution in [0.2, 0.25) is 18.1 Å². The van der Waals surface area contributed by atoms with Gasteiger partial charge in [-0.3, -0.25) is 4.79 Å². The average molecular weight is 327 g/mol. The normalized spacial score (nSPS) is 38.8. The van der Waals surface area contributed by atoms with Gasteiger partial charge in [0.25, 0.3) is 0 Å². The van der Waals surface area contributed by atoms with Crippen molar-refractivity contribution in [2.24, 2.45) is 5.92 Å². The highest BCUT2D eigenvalue weighted by Gasteiger charge is 2.62. The Morgan fingerprint density at radius 2 is 2.09 bits per heavy atom. The Bertz CT molecular complexity index is 515. The van der Waals surface area contributed by atoms with Crippen molar-refractivity contribution in [3.8, 4) is 0 Å². The van der Waals surface area contributed by atoms with Crippen molar-refractivity contribution in [1.29, 1.82) is 0 Å². The molecule has 2 fully saturated rings. The molecule has 3 aliphatic rings. The van der Waals surface area contributed by atoms with Crippen molar-refractivity contribution in [1.82, 2.24) is 5.32 Å². The van der Waals surface area contributed by atoms with E-state index in [4.69, 9.17) is 18.9 Å². The third-order valence-corrected chi connectivity index (χ3v) is 9.82. The average Bonchev–Trinajstić information content (AvgIpc) is 2.94. The predicted octanol–water partition coefficient (Wildman–Crippen LogP) is 2.08. The molecule has 1 N–H and O–H groups in total. The van der Waals surface area contributed by atoms with E-state index in [9.17, 15) is 4.79 Å². The van der Waals surface area contributed by atoms with E-state index in [0.29, 0.717) is 0 Å². The Labute approximate surface area is 132 Å². The number of nitrogens with one attached hydrogen (secondary N) is 1. The highest BCUT2D eigenvalue weighted by molar-refractivity contribution is 6.74. The van der Waals surface area contributed by atoms with E-state index in [1.165, 1.54) is 0 Å². The van der Waals surface area contributed by atoms with Crippen LogP contribution in [0, 0.1) is 5.92 Å². The van der Waals surface area contributed by atoms with Gasteiger partial charge in [-0.1, -0.05) is 20.8 Å². The Kier molecular flexibility index (Phi) is 3.58. The number of carbonyl (C=O) groups is 1. The first-order valence-corrected chi connectivity index (χ1v) is 10.7. The number of rotatable bonds is 4. The summed E-state index contributed by atoms with van der Waals surface area (Å²) in [5.74, 6) is -1.34. The molecule has 2 saturated heterocycles. The second kappa shape index (κ2) is 4.88. The molecule has 0 unspecified atom stereocenters. The molecule has 0 radical (unpaired) electrons. The first kappa shape index (κ1) is 16.1. The molecule has 2 bridgehead atoms. The monoisotopic (exact) mass is 327 g/mol. The molecule has 1 amide bonds. The van der Waals surface area contributed by atoms with E-state index < -0.39 is 20.4 Å². The minimum Gasteiger partial charge on any atom is -0.413 e. The summed E-state index contributed by atoms with van der Waals surface area (Å²) < 4.78 is 12.0. The number of hydrogen-bond acceptors (Lipinski definition) is 5. The van der Waals surface area contributed by atoms with Crippen LogP contribution in [0.4, 0.5) is 0 Å². The fraction of sp³-hybridized carbons (Fsp3) is 0.800. The maximum atomic E-state index is 12.1. The van der Waals surface area contributed by atoms with Crippen LogP contribution in [0.3, 0.4) is 0 Å². The van der Waals surface area contributed by atoms with Crippen molar-refractivity contribution in [2.75, 3.05) is 0 Å². The number of ether oxygens (including phenoxy) is 1. The first-order chi connectivity index (χ1) is 10.1. The zero-order chi connectivity index (χ0) is 16.3. The highest BCUT2D eigenvalue weighted by atomic mass is 28.4. The number of carbonyl (C=O) groups excluding carboxylic acids is 1. The lowest BCUT2D eigenvalue weighted by molar-refractivity contribution is -0.330. The third kappa shape index (κ3) is 2.35. The maximum absolute atomic E-state index is 12.1. The Morgan fingerprint density at radius 3 is 2.50 bits per heavy atom. The molecule has 5 atom stereocenters. The first-order valence-electron chi connectivity index (χ1n) is 7.76. The summed E-state index contributed by atoms with van der Waals surface area (Å²) in [6.45, 7) is 12.9. The second-order valence-electron chi connectivity index (χ2n) is 7.84. The van der Waals surface area contributed by atoms with Gasteiger partial charge in [-0.2, -0.15) is 9.78 Å². The largest absolute Gasteiger partial charge is 0.413 e. The van der Waals surface area contributed by atoms with Crippen molar-refractivity contribution >= 4 is 14.2 Å². The summed E-state index contributed by atoms with van der Waals surface area (Å²) >= 11 is 0. The van der Waals surface area contributed by atoms with Gasteiger partial charge in [0, 0.05) is 0 Å². The molecule has 0 spiro atoms. The summed E-state index contributed by atoms with van der Waals surface area (Å²) in [6.07, 6.45) is 2.94. The van der Waals surface area contributed by atoms with E-state index in [0.717, 1.165) is 0 Å². The lowest BCUT2D eigenvalue weighted by Gasteiger charge is -2.48. The smallest absolute Gasteiger partial charge is 0.244 e. The van der Waals surface area contributed by atoms with E-state index in [1.807, 2.05) is 13.0 Å². The zero-order valence-corrected chi connectivity index (χ0v) is 15.0. The Balaban J connectivity index is 1.73. The van der Waals surface area contributed by atoms with Gasteiger partial charge in [0.15, 0.2) is 8.32 Å². The van der Waals surface area contributed by atoms with Crippen LogP contribution in [0.15, 0.2) is 12.2 Å². The van der Waals surface area contributed by atoms with Gasteiger partial charge in [-0.05, 0) is 37.2 Å². The molecule has 3 heterocycles. The second-order valence-corrected chi connectivity index (χ2v) is 12.6. The quantitative estimate of drug-likeness (QED) is 0.371. The van der Waals surface area contributed by atoms with Crippen LogP contribution in [0.5, 0.6) is 0 Å². The Hall–Kier alpha value is -0.733. The third-order valence-electron chi connectivity index (χ3n) is 5.24. The Morgan fingerprint density at radius 1 is 1.41 bits per heavy atom. The number of amides is 1. The SMILES string of the molecule is C[C@@H](O[Si](C)(C)C(C)(C)C)[C@H]1C(=O)N[C@H]1[C@@]12C=C[C@H](OO1)O2. The standard InChI is InChI=1S/C15H25NO5Si/c1-9(20-22(5,6)14(2,3)4)11-12(16-13(11)17)15-8-7-10(18-15)19-21-15/h7-12H,1-6H3,(H,16,17)/t9-,10+,11-,12-,15-/m1/s1. The molecule has 7 heteroatoms. The minimum absolute atomic E-state index is 0.0264. The zero-order valence-electron chi connectivity index (χ0n) is 14.0. The molecule has 3 rings (SSSR count). The topological polar surface area (TPSA) is 66.0 Å². The molecule has 6 nitrogen and oxygen atoms in total. The van der Waals surface area contributed by atoms with E-state index in [2.05, 4.69) is 39.2 Å². The van der Waals surface area contributed by atoms with Crippen LogP contribution >= 0.6 is 0 Å². The summed E-state index contributed by atoms with van der Waals surface area (Å²) in [4.78, 5) is 22.4. The molecule has 0 aliphatic carbocycles. The van der Waals surface area contributed by atoms with Crippen molar-refractivity contribution < 1.29 is 23.7 Å². The van der Waals surface area contributed by atoms with Gasteiger partial charge in [0.05, 0.1) is 12.0 Å². The van der Waals surface area contributed by atoms with Gasteiger partial charge < -0.3 is 14.5 Å². The van der Waals surface area contributed by atoms with Gasteiger partial charge in [-0.15, -0.1) is 0 Å². The maximum Gasteiger partial charge on any atom is 0.244 e. The molecule has 0 aromatic heterocycles. The highest BCUT2D eigenvalue weighted by Crippen LogP contribution is 2.44. The lowest BCUT2D eigenvalue weighted by Crippen LogP contribution is -2.71. The van der Waals surface area contributed by atoms with Crippen LogP contribution in [0.25, 0.3) is 0 Å². The summed E-state index contributed by atoms with van der Waals surface area (Å²) in [6, 6.07) is -0.288. The predicted molar refractivity (Wildman–Crippen MR) is 82.1 cm³/mol. The van der Waals surface area contributed by atoms with Gasteiger partial charge >= 0.3 is 0 Å². The van der Waals surface area contributed by atoms with Gasteiger partial charge in [-0.25, -0.2) is 0 Å². The number of hydrogen-bond donors (Lipinski definition) is 1. The lowest BCUT2D eigenvalue weighted by atomic mass is 9.81. The molecular weight excluding hydrogens is 302 g/mol. The summed E-state index contributed by atoms with van der Waals surface area (Å²) in [7, 11) is -1.95. The minimum atomic E-state index is -1.95. The van der Waals surface area contributed by atoms with Crippen LogP contribution in [-0.4, -0.2) is 38.4 Å². The molecule has 0 saturated carbocycles. The number of fused-ring (bicyclic) bond motifs is 2. The van der Waals surface area contributed by atoms with Crippen LogP contribution < -0.4 is 5.32 Å². The van der Waals surface area contributed by atoms with Crippen molar-refractivity contribution in [2.45, 2.75) is 70.1 Å². The molecule has 124 valence electrons. The van der Waals surface area contributed by atoms with E-state index >= 15 is 0 Å². The fourth-order valence-electron chi connectivity index (χ4n) is 2.87. The molecule has 0 aromatic carbocycles. The van der Waals surface area contributed by atoms with Gasteiger partial charge in [0.2, 0.25) is 18.0 Å². The summed E-state index contributed by atoms with van der Waals surface area (Å²) in [5, 5.41) is 2.97. The fourth-order valence-corrected chi connectivity index (χ4v) is 4.30. The summed E-state index contributed by atoms with van der Waals surface area (Å²) in [5.41, 5.74) is 0. The van der Waals surface area contributed by atoms with E-state index in [1.54, 1.807) is 6.08 Å². The van der Waals surface area contributed by atoms with Crippen LogP contribution in [0.1, 0.15) is 27.7 Å². The van der Waals surface area contributed by atoms with Crippen molar-refractivity contribution in [3.05, 3.63) is 12.2 Å². The van der Waals surface area contributed by atoms with Crippen LogP contribution in [-0.2, 0) is 23.7 Å². The molecular formula is C15H25NO5Si. The number of β-lactam (4-membered cyclic amide) rings is 1. The molecule has 22 heavy (non-hydrogen) atoms. The molecule has 0 aromatic rings. The van der Waals surface area contributed by atoms with Gasteiger partial charge in [0.1, 0.15) is 6.04 Å². The van der Waals surface area contributed by atoms with Crippen molar-refractivity contribution in [3.63, 3.8) is 0 Å². The molecule has 3 aliphatic heterocycles. The van der Waals surface area contributed by atoms with E-state index in [-0.39, 0.29) is 29.0 Å².